The Morgan fingerprint density at radius 2 is 1.89 bits per heavy atom. The number of H-pyrrole nitrogens is 1. The molecule has 2 N–H and O–H groups in total. The van der Waals surface area contributed by atoms with Gasteiger partial charge in [-0.05, 0) is 36.6 Å². The van der Waals surface area contributed by atoms with Crippen LogP contribution >= 0.6 is 0 Å². The molecule has 1 aromatic carbocycles. The molecule has 0 unspecified atom stereocenters. The molecular weight excluding hydrogens is 478 g/mol. The number of hydrogen-bond donors (Lipinski definition) is 2. The SMILES string of the molecule is C[C@@H](C(=O)Nc1cc2n(n1)CC[C@H]2c1cc(F)cc(F)c1)N1CCC(F)(F)[C@@H](c2ccc(=O)[nH]c2)C1. The quantitative estimate of drug-likeness (QED) is 0.519. The van der Waals surface area contributed by atoms with E-state index in [4.69, 9.17) is 0 Å². The van der Waals surface area contributed by atoms with E-state index < -0.39 is 41.8 Å². The van der Waals surface area contributed by atoms with Gasteiger partial charge in [0.15, 0.2) is 5.82 Å². The van der Waals surface area contributed by atoms with Crippen molar-refractivity contribution in [3.63, 3.8) is 0 Å². The molecule has 0 spiro atoms. The molecule has 1 saturated heterocycles. The summed E-state index contributed by atoms with van der Waals surface area (Å²) >= 11 is 0. The van der Waals surface area contributed by atoms with Gasteiger partial charge in [0, 0.05) is 62.1 Å². The summed E-state index contributed by atoms with van der Waals surface area (Å²) in [6.07, 6.45) is 1.51. The van der Waals surface area contributed by atoms with E-state index in [0.29, 0.717) is 29.9 Å². The number of amides is 1. The van der Waals surface area contributed by atoms with Gasteiger partial charge in [0.1, 0.15) is 11.6 Å². The van der Waals surface area contributed by atoms with Crippen LogP contribution in [0.1, 0.15) is 48.4 Å². The van der Waals surface area contributed by atoms with Gasteiger partial charge in [0.2, 0.25) is 11.5 Å². The van der Waals surface area contributed by atoms with Crippen LogP contribution in [0, 0.1) is 11.6 Å². The zero-order chi connectivity index (χ0) is 25.6. The van der Waals surface area contributed by atoms with Crippen molar-refractivity contribution >= 4 is 11.7 Å². The molecule has 1 amide bonds. The van der Waals surface area contributed by atoms with Crippen molar-refractivity contribution < 1.29 is 22.4 Å². The number of aryl methyl sites for hydroxylation is 1. The van der Waals surface area contributed by atoms with E-state index in [9.17, 15) is 27.2 Å². The van der Waals surface area contributed by atoms with Gasteiger partial charge in [0.05, 0.1) is 12.0 Å². The number of rotatable bonds is 5. The number of nitrogens with zero attached hydrogens (tertiary/aromatic N) is 3. The molecule has 4 heterocycles. The first kappa shape index (κ1) is 24.2. The lowest BCUT2D eigenvalue weighted by Gasteiger charge is -2.40. The zero-order valence-corrected chi connectivity index (χ0v) is 19.5. The fourth-order valence-corrected chi connectivity index (χ4v) is 5.13. The third kappa shape index (κ3) is 4.67. The number of carbonyl (C=O) groups is 1. The molecule has 2 aromatic heterocycles. The second kappa shape index (κ2) is 9.20. The number of aromatic amines is 1. The first-order valence-corrected chi connectivity index (χ1v) is 11.8. The van der Waals surface area contributed by atoms with Gasteiger partial charge in [-0.3, -0.25) is 19.2 Å². The van der Waals surface area contributed by atoms with Crippen molar-refractivity contribution in [3.8, 4) is 0 Å². The Labute approximate surface area is 204 Å². The Morgan fingerprint density at radius 3 is 2.58 bits per heavy atom. The summed E-state index contributed by atoms with van der Waals surface area (Å²) in [6, 6.07) is 6.97. The number of aromatic nitrogens is 3. The molecule has 1 fully saturated rings. The van der Waals surface area contributed by atoms with Crippen LogP contribution in [0.15, 0.2) is 47.4 Å². The summed E-state index contributed by atoms with van der Waals surface area (Å²) in [4.78, 5) is 28.4. The highest BCUT2D eigenvalue weighted by Gasteiger charge is 2.46. The molecule has 2 aliphatic rings. The first-order chi connectivity index (χ1) is 17.1. The zero-order valence-electron chi connectivity index (χ0n) is 19.5. The minimum atomic E-state index is -2.97. The van der Waals surface area contributed by atoms with Gasteiger partial charge in [-0.25, -0.2) is 17.6 Å². The normalized spacial score (nSPS) is 22.2. The summed E-state index contributed by atoms with van der Waals surface area (Å²) < 4.78 is 58.5. The number of likely N-dealkylation sites (tertiary alicyclic amines) is 1. The molecule has 3 atom stereocenters. The Bertz CT molecular complexity index is 1310. The van der Waals surface area contributed by atoms with Crippen LogP contribution in [-0.2, 0) is 11.3 Å². The van der Waals surface area contributed by atoms with Gasteiger partial charge in [-0.15, -0.1) is 0 Å². The highest BCUT2D eigenvalue weighted by Crippen LogP contribution is 2.40. The molecule has 0 radical (unpaired) electrons. The van der Waals surface area contributed by atoms with E-state index in [-0.39, 0.29) is 24.6 Å². The molecule has 0 bridgehead atoms. The number of benzene rings is 1. The highest BCUT2D eigenvalue weighted by atomic mass is 19.3. The molecule has 36 heavy (non-hydrogen) atoms. The van der Waals surface area contributed by atoms with Crippen molar-refractivity contribution in [2.45, 2.75) is 50.1 Å². The number of fused-ring (bicyclic) bond motifs is 1. The van der Waals surface area contributed by atoms with Gasteiger partial charge in [-0.1, -0.05) is 6.07 Å². The van der Waals surface area contributed by atoms with Crippen LogP contribution in [0.25, 0.3) is 0 Å². The second-order valence-electron chi connectivity index (χ2n) is 9.43. The standard InChI is InChI=1S/C25H25F4N5O2/c1-14(33-7-5-25(28,29)20(13-33)15-2-3-23(35)30-12-15)24(36)31-22-11-21-19(4-6-34(21)32-22)16-8-17(26)10-18(27)9-16/h2-3,8-12,14,19-20H,4-7,13H2,1H3,(H,30,35)(H,31,32,36)/t14-,19-,20+/m0/s1. The van der Waals surface area contributed by atoms with Crippen molar-refractivity contribution in [1.29, 1.82) is 0 Å². The monoisotopic (exact) mass is 503 g/mol. The molecule has 0 saturated carbocycles. The van der Waals surface area contributed by atoms with E-state index in [0.717, 1.165) is 11.8 Å². The lowest BCUT2D eigenvalue weighted by molar-refractivity contribution is -0.125. The number of piperidine rings is 1. The number of alkyl halides is 2. The van der Waals surface area contributed by atoms with Crippen molar-refractivity contribution in [1.82, 2.24) is 19.7 Å². The summed E-state index contributed by atoms with van der Waals surface area (Å²) in [7, 11) is 0. The van der Waals surface area contributed by atoms with Crippen LogP contribution in [0.2, 0.25) is 0 Å². The number of nitrogens with one attached hydrogen (secondary N) is 2. The molecule has 0 aliphatic carbocycles. The number of halogens is 4. The summed E-state index contributed by atoms with van der Waals surface area (Å²) in [5, 5.41) is 7.15. The van der Waals surface area contributed by atoms with E-state index in [1.54, 1.807) is 22.6 Å². The van der Waals surface area contributed by atoms with E-state index in [1.807, 2.05) is 0 Å². The van der Waals surface area contributed by atoms with Crippen LogP contribution in [0.5, 0.6) is 0 Å². The van der Waals surface area contributed by atoms with E-state index >= 15 is 0 Å². The molecule has 5 rings (SSSR count). The van der Waals surface area contributed by atoms with Crippen LogP contribution < -0.4 is 10.9 Å². The largest absolute Gasteiger partial charge is 0.329 e. The smallest absolute Gasteiger partial charge is 0.257 e. The molecule has 2 aliphatic heterocycles. The van der Waals surface area contributed by atoms with Crippen LogP contribution in [0.3, 0.4) is 0 Å². The van der Waals surface area contributed by atoms with Gasteiger partial charge in [0.25, 0.3) is 5.92 Å². The Balaban J connectivity index is 1.29. The Morgan fingerprint density at radius 1 is 1.14 bits per heavy atom. The van der Waals surface area contributed by atoms with Gasteiger partial charge < -0.3 is 10.3 Å². The Hall–Kier alpha value is -3.47. The third-order valence-electron chi connectivity index (χ3n) is 7.13. The lowest BCUT2D eigenvalue weighted by Crippen LogP contribution is -2.52. The fourth-order valence-electron chi connectivity index (χ4n) is 5.13. The summed E-state index contributed by atoms with van der Waals surface area (Å²) in [5.74, 6) is -5.81. The predicted octanol–water partition coefficient (Wildman–Crippen LogP) is 3.84. The summed E-state index contributed by atoms with van der Waals surface area (Å²) in [5.41, 5.74) is 1.17. The van der Waals surface area contributed by atoms with Gasteiger partial charge in [-0.2, -0.15) is 5.10 Å². The van der Waals surface area contributed by atoms with Gasteiger partial charge >= 0.3 is 0 Å². The lowest BCUT2D eigenvalue weighted by atomic mass is 9.87. The predicted molar refractivity (Wildman–Crippen MR) is 124 cm³/mol. The molecule has 7 nitrogen and oxygen atoms in total. The van der Waals surface area contributed by atoms with E-state index in [1.165, 1.54) is 30.5 Å². The molecule has 190 valence electrons. The van der Waals surface area contributed by atoms with E-state index in [2.05, 4.69) is 15.4 Å². The maximum Gasteiger partial charge on any atom is 0.257 e. The minimum absolute atomic E-state index is 0.0361. The van der Waals surface area contributed by atoms with Crippen molar-refractivity contribution in [3.05, 3.63) is 81.4 Å². The number of anilines is 1. The van der Waals surface area contributed by atoms with Crippen molar-refractivity contribution in [2.75, 3.05) is 18.4 Å². The maximum atomic E-state index is 14.7. The number of hydrogen-bond acceptors (Lipinski definition) is 4. The molecule has 3 aromatic rings. The average Bonchev–Trinajstić information content (AvgIpc) is 3.39. The highest BCUT2D eigenvalue weighted by molar-refractivity contribution is 5.93. The first-order valence-electron chi connectivity index (χ1n) is 11.8. The third-order valence-corrected chi connectivity index (χ3v) is 7.13. The minimum Gasteiger partial charge on any atom is -0.329 e. The van der Waals surface area contributed by atoms with Crippen LogP contribution in [0.4, 0.5) is 23.4 Å². The molecule has 11 heteroatoms. The fraction of sp³-hybridized carbons (Fsp3) is 0.400. The molecular formula is C25H25F4N5O2. The summed E-state index contributed by atoms with van der Waals surface area (Å²) in [6.45, 7) is 2.16. The number of pyridine rings is 1. The topological polar surface area (TPSA) is 83.0 Å². The van der Waals surface area contributed by atoms with Crippen LogP contribution in [-0.4, -0.2) is 50.6 Å². The Kier molecular flexibility index (Phi) is 6.19. The second-order valence-corrected chi connectivity index (χ2v) is 9.43. The average molecular weight is 504 g/mol. The van der Waals surface area contributed by atoms with Crippen molar-refractivity contribution in [2.24, 2.45) is 0 Å². The maximum absolute atomic E-state index is 14.7. The number of carbonyl (C=O) groups excluding carboxylic acids is 1.